The minimum atomic E-state index is -0.276. The molecule has 0 amide bonds. The molecular weight excluding hydrogens is 282 g/mol. The van der Waals surface area contributed by atoms with Crippen LogP contribution in [0.5, 0.6) is 0 Å². The van der Waals surface area contributed by atoms with Crippen LogP contribution in [0.15, 0.2) is 47.4 Å². The number of benzene rings is 2. The summed E-state index contributed by atoms with van der Waals surface area (Å²) in [7, 11) is 0. The maximum absolute atomic E-state index is 12.2. The molecule has 3 rings (SSSR count). The average molecular weight is 299 g/mol. The Labute approximate surface area is 128 Å². The smallest absolute Gasteiger partial charge is 0.338 e. The largest absolute Gasteiger partial charge is 0.461 e. The van der Waals surface area contributed by atoms with Crippen LogP contribution in [0.2, 0.25) is 0 Å². The summed E-state index contributed by atoms with van der Waals surface area (Å²) in [6.07, 6.45) is 0. The first-order valence-electron chi connectivity index (χ1n) is 6.90. The lowest BCUT2D eigenvalue weighted by molar-refractivity contribution is 0.0486. The number of hydrogen-bond acceptors (Lipinski definition) is 4. The molecule has 1 atom stereocenters. The van der Waals surface area contributed by atoms with Gasteiger partial charge >= 0.3 is 5.97 Å². The number of esters is 1. The molecule has 0 aliphatic carbocycles. The number of ether oxygens (including phenoxy) is 1. The van der Waals surface area contributed by atoms with Crippen LogP contribution in [0.3, 0.4) is 0 Å². The number of nitrogens with two attached hydrogens (primary N) is 1. The molecule has 0 saturated heterocycles. The number of anilines is 1. The van der Waals surface area contributed by atoms with Gasteiger partial charge in [-0.2, -0.15) is 0 Å². The van der Waals surface area contributed by atoms with Crippen LogP contribution in [0.25, 0.3) is 0 Å². The molecule has 2 aromatic rings. The number of rotatable bonds is 3. The van der Waals surface area contributed by atoms with E-state index < -0.39 is 0 Å². The van der Waals surface area contributed by atoms with E-state index >= 15 is 0 Å². The van der Waals surface area contributed by atoms with Crippen LogP contribution in [0.4, 0.5) is 5.69 Å². The zero-order valence-electron chi connectivity index (χ0n) is 11.8. The van der Waals surface area contributed by atoms with Gasteiger partial charge in [-0.15, -0.1) is 11.8 Å². The Bertz CT molecular complexity index is 684. The van der Waals surface area contributed by atoms with Crippen molar-refractivity contribution in [1.29, 1.82) is 0 Å². The molecule has 108 valence electrons. The molecular formula is C17H17NO2S. The van der Waals surface area contributed by atoms with E-state index in [2.05, 4.69) is 12.1 Å². The van der Waals surface area contributed by atoms with Crippen LogP contribution in [0, 0.1) is 6.92 Å². The molecule has 1 aliphatic rings. The number of carbonyl (C=O) groups is 1. The molecule has 1 aliphatic heterocycles. The van der Waals surface area contributed by atoms with Gasteiger partial charge < -0.3 is 10.5 Å². The zero-order chi connectivity index (χ0) is 14.8. The lowest BCUT2D eigenvalue weighted by Gasteiger charge is -2.12. The summed E-state index contributed by atoms with van der Waals surface area (Å²) in [4.78, 5) is 13.5. The number of thioether (sulfide) groups is 1. The van der Waals surface area contributed by atoms with Crippen LogP contribution in [-0.4, -0.2) is 18.3 Å². The first-order chi connectivity index (χ1) is 10.1. The second-order valence-electron chi connectivity index (χ2n) is 5.22. The average Bonchev–Trinajstić information content (AvgIpc) is 2.88. The lowest BCUT2D eigenvalue weighted by Crippen LogP contribution is -2.14. The van der Waals surface area contributed by atoms with E-state index in [4.69, 9.17) is 10.5 Å². The highest BCUT2D eigenvalue weighted by Crippen LogP contribution is 2.39. The molecule has 2 aromatic carbocycles. The van der Waals surface area contributed by atoms with Crippen molar-refractivity contribution in [3.05, 3.63) is 59.2 Å². The third kappa shape index (κ3) is 2.90. The van der Waals surface area contributed by atoms with Gasteiger partial charge in [0.15, 0.2) is 0 Å². The molecule has 2 N–H and O–H groups in total. The van der Waals surface area contributed by atoms with Crippen molar-refractivity contribution >= 4 is 23.4 Å². The SMILES string of the molecule is Cc1cc(N)ccc1C(=O)OCC1CSc2ccccc21. The summed E-state index contributed by atoms with van der Waals surface area (Å²) in [5.41, 5.74) is 9.07. The Hall–Kier alpha value is -1.94. The predicted octanol–water partition coefficient (Wildman–Crippen LogP) is 3.62. The first kappa shape index (κ1) is 14.0. The highest BCUT2D eigenvalue weighted by molar-refractivity contribution is 7.99. The van der Waals surface area contributed by atoms with Crippen molar-refractivity contribution in [2.75, 3.05) is 18.1 Å². The summed E-state index contributed by atoms with van der Waals surface area (Å²) >= 11 is 1.82. The molecule has 0 fully saturated rings. The Balaban J connectivity index is 1.67. The van der Waals surface area contributed by atoms with E-state index in [1.54, 1.807) is 18.2 Å². The van der Waals surface area contributed by atoms with Crippen LogP contribution in [-0.2, 0) is 4.74 Å². The van der Waals surface area contributed by atoms with E-state index in [-0.39, 0.29) is 11.9 Å². The van der Waals surface area contributed by atoms with Crippen LogP contribution in [0.1, 0.15) is 27.4 Å². The molecule has 0 saturated carbocycles. The molecule has 0 spiro atoms. The molecule has 0 radical (unpaired) electrons. The van der Waals surface area contributed by atoms with Gasteiger partial charge in [-0.05, 0) is 42.3 Å². The van der Waals surface area contributed by atoms with Crippen molar-refractivity contribution < 1.29 is 9.53 Å². The van der Waals surface area contributed by atoms with Crippen LogP contribution < -0.4 is 5.73 Å². The second-order valence-corrected chi connectivity index (χ2v) is 6.28. The van der Waals surface area contributed by atoms with E-state index in [1.807, 2.05) is 30.8 Å². The summed E-state index contributed by atoms with van der Waals surface area (Å²) in [5.74, 6) is 0.971. The third-order valence-corrected chi connectivity index (χ3v) is 4.94. The molecule has 1 unspecified atom stereocenters. The fraction of sp³-hybridized carbons (Fsp3) is 0.235. The van der Waals surface area contributed by atoms with Gasteiger partial charge in [0.2, 0.25) is 0 Å². The normalized spacial score (nSPS) is 16.5. The monoisotopic (exact) mass is 299 g/mol. The maximum atomic E-state index is 12.2. The van der Waals surface area contributed by atoms with Gasteiger partial charge in [-0.25, -0.2) is 4.79 Å². The minimum absolute atomic E-state index is 0.276. The summed E-state index contributed by atoms with van der Waals surface area (Å²) in [6, 6.07) is 13.5. The van der Waals surface area contributed by atoms with Crippen molar-refractivity contribution in [2.45, 2.75) is 17.7 Å². The van der Waals surface area contributed by atoms with E-state index in [0.29, 0.717) is 17.9 Å². The minimum Gasteiger partial charge on any atom is -0.461 e. The number of aryl methyl sites for hydroxylation is 1. The number of fused-ring (bicyclic) bond motifs is 1. The molecule has 4 heteroatoms. The van der Waals surface area contributed by atoms with Crippen molar-refractivity contribution in [1.82, 2.24) is 0 Å². The van der Waals surface area contributed by atoms with Gasteiger partial charge in [0, 0.05) is 22.3 Å². The Morgan fingerprint density at radius 1 is 1.33 bits per heavy atom. The summed E-state index contributed by atoms with van der Waals surface area (Å²) < 4.78 is 5.50. The quantitative estimate of drug-likeness (QED) is 0.694. The Morgan fingerprint density at radius 2 is 2.14 bits per heavy atom. The predicted molar refractivity (Wildman–Crippen MR) is 85.8 cm³/mol. The highest BCUT2D eigenvalue weighted by Gasteiger charge is 2.24. The van der Waals surface area contributed by atoms with Gasteiger partial charge in [0.05, 0.1) is 12.2 Å². The van der Waals surface area contributed by atoms with E-state index in [0.717, 1.165) is 11.3 Å². The number of carbonyl (C=O) groups excluding carboxylic acids is 1. The molecule has 1 heterocycles. The fourth-order valence-corrected chi connectivity index (χ4v) is 3.77. The third-order valence-electron chi connectivity index (χ3n) is 3.68. The lowest BCUT2D eigenvalue weighted by atomic mass is 10.0. The van der Waals surface area contributed by atoms with Gasteiger partial charge in [-0.1, -0.05) is 18.2 Å². The molecule has 3 nitrogen and oxygen atoms in total. The van der Waals surface area contributed by atoms with Gasteiger partial charge in [0.25, 0.3) is 0 Å². The van der Waals surface area contributed by atoms with Crippen molar-refractivity contribution in [2.24, 2.45) is 0 Å². The highest BCUT2D eigenvalue weighted by atomic mass is 32.2. The van der Waals surface area contributed by atoms with E-state index in [9.17, 15) is 4.79 Å². The topological polar surface area (TPSA) is 52.3 Å². The standard InChI is InChI=1S/C17H17NO2S/c1-11-8-13(18)6-7-14(11)17(19)20-9-12-10-21-16-5-3-2-4-15(12)16/h2-8,12H,9-10,18H2,1H3. The Morgan fingerprint density at radius 3 is 2.95 bits per heavy atom. The summed E-state index contributed by atoms with van der Waals surface area (Å²) in [5, 5.41) is 0. The maximum Gasteiger partial charge on any atom is 0.338 e. The van der Waals surface area contributed by atoms with Crippen molar-refractivity contribution in [3.63, 3.8) is 0 Å². The van der Waals surface area contributed by atoms with E-state index in [1.165, 1.54) is 10.5 Å². The van der Waals surface area contributed by atoms with Crippen LogP contribution >= 0.6 is 11.8 Å². The molecule has 21 heavy (non-hydrogen) atoms. The number of nitrogen functional groups attached to an aromatic ring is 1. The van der Waals surface area contributed by atoms with Gasteiger partial charge in [-0.3, -0.25) is 0 Å². The zero-order valence-corrected chi connectivity index (χ0v) is 12.7. The summed E-state index contributed by atoms with van der Waals surface area (Å²) in [6.45, 7) is 2.29. The molecule has 0 bridgehead atoms. The first-order valence-corrected chi connectivity index (χ1v) is 7.88. The second kappa shape index (κ2) is 5.82. The Kier molecular flexibility index (Phi) is 3.88. The van der Waals surface area contributed by atoms with Gasteiger partial charge in [0.1, 0.15) is 0 Å². The molecule has 0 aromatic heterocycles. The fourth-order valence-electron chi connectivity index (χ4n) is 2.54. The van der Waals surface area contributed by atoms with Crippen molar-refractivity contribution in [3.8, 4) is 0 Å². The number of hydrogen-bond donors (Lipinski definition) is 1.